The fourth-order valence-electron chi connectivity index (χ4n) is 1.60. The molecule has 0 rings (SSSR count). The van der Waals surface area contributed by atoms with Crippen molar-refractivity contribution in [1.29, 1.82) is 0 Å². The SMILES string of the molecule is C=C(C)NC(C)(C)C.CC.CCC(CC)=C(C)C. The lowest BCUT2D eigenvalue weighted by Gasteiger charge is -2.21. The second-order valence-corrected chi connectivity index (χ2v) is 5.47. The highest BCUT2D eigenvalue weighted by Gasteiger charge is 2.06. The average molecular weight is 255 g/mol. The molecule has 0 fully saturated rings. The third-order valence-corrected chi connectivity index (χ3v) is 2.15. The lowest BCUT2D eigenvalue weighted by Crippen LogP contribution is -2.33. The van der Waals surface area contributed by atoms with Crippen molar-refractivity contribution in [3.63, 3.8) is 0 Å². The molecule has 1 nitrogen and oxygen atoms in total. The summed E-state index contributed by atoms with van der Waals surface area (Å²) in [4.78, 5) is 0. The van der Waals surface area contributed by atoms with E-state index in [9.17, 15) is 0 Å². The number of allylic oxidation sites excluding steroid dienone is 3. The van der Waals surface area contributed by atoms with E-state index in [1.165, 1.54) is 18.4 Å². The third kappa shape index (κ3) is 20.7. The van der Waals surface area contributed by atoms with Crippen LogP contribution in [0.3, 0.4) is 0 Å². The van der Waals surface area contributed by atoms with Gasteiger partial charge in [-0.3, -0.25) is 0 Å². The zero-order chi connectivity index (χ0) is 15.4. The summed E-state index contributed by atoms with van der Waals surface area (Å²) < 4.78 is 0. The van der Waals surface area contributed by atoms with Crippen LogP contribution >= 0.6 is 0 Å². The number of nitrogens with one attached hydrogen (secondary N) is 1. The van der Waals surface area contributed by atoms with Crippen molar-refractivity contribution in [3.05, 3.63) is 23.4 Å². The van der Waals surface area contributed by atoms with Crippen molar-refractivity contribution in [3.8, 4) is 0 Å². The number of rotatable bonds is 3. The molecule has 1 heteroatoms. The summed E-state index contributed by atoms with van der Waals surface area (Å²) in [6, 6.07) is 0. The lowest BCUT2D eigenvalue weighted by molar-refractivity contribution is 0.474. The highest BCUT2D eigenvalue weighted by molar-refractivity contribution is 5.07. The van der Waals surface area contributed by atoms with E-state index >= 15 is 0 Å². The Bertz CT molecular complexity index is 218. The second kappa shape index (κ2) is 12.7. The molecule has 0 radical (unpaired) electrons. The van der Waals surface area contributed by atoms with Crippen LogP contribution in [0.4, 0.5) is 0 Å². The highest BCUT2D eigenvalue weighted by atomic mass is 14.9. The van der Waals surface area contributed by atoms with Crippen molar-refractivity contribution in [1.82, 2.24) is 5.32 Å². The summed E-state index contributed by atoms with van der Waals surface area (Å²) in [5.41, 5.74) is 4.30. The Morgan fingerprint density at radius 1 is 0.944 bits per heavy atom. The molecule has 0 aliphatic rings. The first-order valence-electron chi connectivity index (χ1n) is 7.22. The summed E-state index contributed by atoms with van der Waals surface area (Å²) in [5.74, 6) is 0. The van der Waals surface area contributed by atoms with E-state index in [2.05, 4.69) is 60.4 Å². The molecule has 0 aliphatic carbocycles. The fourth-order valence-corrected chi connectivity index (χ4v) is 1.60. The van der Waals surface area contributed by atoms with Crippen molar-refractivity contribution in [2.75, 3.05) is 0 Å². The van der Waals surface area contributed by atoms with E-state index in [0.717, 1.165) is 5.70 Å². The molecular formula is C17H37N. The van der Waals surface area contributed by atoms with Crippen molar-refractivity contribution < 1.29 is 0 Å². The Morgan fingerprint density at radius 2 is 1.28 bits per heavy atom. The van der Waals surface area contributed by atoms with Crippen LogP contribution in [0.2, 0.25) is 0 Å². The predicted octanol–water partition coefficient (Wildman–Crippen LogP) is 6.08. The molecule has 18 heavy (non-hydrogen) atoms. The third-order valence-electron chi connectivity index (χ3n) is 2.15. The molecule has 0 unspecified atom stereocenters. The monoisotopic (exact) mass is 255 g/mol. The van der Waals surface area contributed by atoms with Gasteiger partial charge in [0, 0.05) is 11.2 Å². The van der Waals surface area contributed by atoms with Gasteiger partial charge in [0.2, 0.25) is 0 Å². The fraction of sp³-hybridized carbons (Fsp3) is 0.765. The normalized spacial score (nSPS) is 9.22. The van der Waals surface area contributed by atoms with E-state index in [1.807, 2.05) is 20.8 Å². The van der Waals surface area contributed by atoms with Crippen LogP contribution in [0.1, 0.15) is 82.1 Å². The van der Waals surface area contributed by atoms with Crippen molar-refractivity contribution >= 4 is 0 Å². The first-order chi connectivity index (χ1) is 8.14. The summed E-state index contributed by atoms with van der Waals surface area (Å²) >= 11 is 0. The highest BCUT2D eigenvalue weighted by Crippen LogP contribution is 2.10. The van der Waals surface area contributed by atoms with Crippen LogP contribution in [-0.4, -0.2) is 5.54 Å². The Kier molecular flexibility index (Phi) is 15.9. The van der Waals surface area contributed by atoms with Crippen LogP contribution in [0.25, 0.3) is 0 Å². The molecular weight excluding hydrogens is 218 g/mol. The smallest absolute Gasteiger partial charge is 0.0286 e. The van der Waals surface area contributed by atoms with Crippen LogP contribution < -0.4 is 5.32 Å². The quantitative estimate of drug-likeness (QED) is 0.603. The Labute approximate surface area is 117 Å². The molecule has 0 aromatic heterocycles. The van der Waals surface area contributed by atoms with Gasteiger partial charge in [-0.25, -0.2) is 0 Å². The minimum absolute atomic E-state index is 0.172. The van der Waals surface area contributed by atoms with E-state index in [1.54, 1.807) is 5.57 Å². The molecule has 0 saturated heterocycles. The first kappa shape index (κ1) is 22.5. The molecule has 0 atom stereocenters. The maximum absolute atomic E-state index is 3.73. The summed E-state index contributed by atoms with van der Waals surface area (Å²) in [6.45, 7) is 24.8. The first-order valence-corrected chi connectivity index (χ1v) is 7.22. The maximum Gasteiger partial charge on any atom is 0.0286 e. The Hall–Kier alpha value is -0.720. The zero-order valence-electron chi connectivity index (χ0n) is 14.6. The largest absolute Gasteiger partial charge is 0.384 e. The topological polar surface area (TPSA) is 12.0 Å². The summed E-state index contributed by atoms with van der Waals surface area (Å²) in [5, 5.41) is 3.19. The second-order valence-electron chi connectivity index (χ2n) is 5.47. The zero-order valence-corrected chi connectivity index (χ0v) is 14.6. The van der Waals surface area contributed by atoms with E-state index in [-0.39, 0.29) is 5.54 Å². The minimum Gasteiger partial charge on any atom is -0.384 e. The van der Waals surface area contributed by atoms with Crippen molar-refractivity contribution in [2.24, 2.45) is 0 Å². The molecule has 0 spiro atoms. The standard InChI is InChI=1S/C8H16.C7H15N.C2H6/c1-5-8(6-2)7(3)4;1-6(2)8-7(3,4)5;1-2/h5-6H2,1-4H3;8H,1H2,2-5H3;1-2H3. The molecule has 0 bridgehead atoms. The van der Waals surface area contributed by atoms with Crippen LogP contribution in [-0.2, 0) is 0 Å². The van der Waals surface area contributed by atoms with Gasteiger partial charge in [-0.1, -0.05) is 45.4 Å². The average Bonchev–Trinajstić information content (AvgIpc) is 2.19. The van der Waals surface area contributed by atoms with Gasteiger partial charge >= 0.3 is 0 Å². The molecule has 110 valence electrons. The molecule has 0 aromatic rings. The van der Waals surface area contributed by atoms with E-state index in [0.29, 0.717) is 0 Å². The predicted molar refractivity (Wildman–Crippen MR) is 88.0 cm³/mol. The van der Waals surface area contributed by atoms with Gasteiger partial charge in [-0.05, 0) is 54.4 Å². The van der Waals surface area contributed by atoms with Crippen molar-refractivity contribution in [2.45, 2.75) is 87.6 Å². The lowest BCUT2D eigenvalue weighted by atomic mass is 10.1. The van der Waals surface area contributed by atoms with Gasteiger partial charge < -0.3 is 5.32 Å². The molecule has 0 aromatic carbocycles. The minimum atomic E-state index is 0.172. The summed E-state index contributed by atoms with van der Waals surface area (Å²) in [7, 11) is 0. The van der Waals surface area contributed by atoms with Crippen LogP contribution in [0, 0.1) is 0 Å². The number of hydrogen-bond acceptors (Lipinski definition) is 1. The van der Waals surface area contributed by atoms with E-state index in [4.69, 9.17) is 0 Å². The van der Waals surface area contributed by atoms with E-state index < -0.39 is 0 Å². The Morgan fingerprint density at radius 3 is 1.28 bits per heavy atom. The molecule has 0 heterocycles. The van der Waals surface area contributed by atoms with Gasteiger partial charge in [-0.15, -0.1) is 0 Å². The van der Waals surface area contributed by atoms with Crippen LogP contribution in [0.15, 0.2) is 23.4 Å². The molecule has 0 aliphatic heterocycles. The summed E-state index contributed by atoms with van der Waals surface area (Å²) in [6.07, 6.45) is 2.44. The molecule has 0 amide bonds. The Balaban J connectivity index is -0.000000219. The van der Waals surface area contributed by atoms with Gasteiger partial charge in [0.1, 0.15) is 0 Å². The van der Waals surface area contributed by atoms with Gasteiger partial charge in [0.05, 0.1) is 0 Å². The van der Waals surface area contributed by atoms with Gasteiger partial charge in [0.15, 0.2) is 0 Å². The molecule has 1 N–H and O–H groups in total. The van der Waals surface area contributed by atoms with Crippen LogP contribution in [0.5, 0.6) is 0 Å². The molecule has 0 saturated carbocycles. The number of hydrogen-bond donors (Lipinski definition) is 1. The van der Waals surface area contributed by atoms with Gasteiger partial charge in [-0.2, -0.15) is 0 Å². The van der Waals surface area contributed by atoms with Gasteiger partial charge in [0.25, 0.3) is 0 Å². The maximum atomic E-state index is 3.73.